The standard InChI is InChI=1S/C10H14FN3OS/c1-16-5-4-8(12)10(15)14-7-2-3-9(11)13-6-7/h2-3,6,8H,4-5,12H2,1H3,(H,14,15)/t8-/m1/s1. The third-order valence-electron chi connectivity index (χ3n) is 1.96. The maximum absolute atomic E-state index is 12.5. The molecule has 0 radical (unpaired) electrons. The Morgan fingerprint density at radius 3 is 3.00 bits per heavy atom. The van der Waals surface area contributed by atoms with Crippen LogP contribution in [0.1, 0.15) is 6.42 Å². The summed E-state index contributed by atoms with van der Waals surface area (Å²) in [4.78, 5) is 15.0. The molecule has 4 nitrogen and oxygen atoms in total. The molecule has 1 aromatic heterocycles. The fourth-order valence-electron chi connectivity index (χ4n) is 1.06. The number of pyridine rings is 1. The van der Waals surface area contributed by atoms with Crippen LogP contribution in [0.3, 0.4) is 0 Å². The lowest BCUT2D eigenvalue weighted by molar-refractivity contribution is -0.117. The van der Waals surface area contributed by atoms with Crippen LogP contribution in [0.4, 0.5) is 10.1 Å². The molecule has 1 atom stereocenters. The molecule has 0 unspecified atom stereocenters. The van der Waals surface area contributed by atoms with Crippen LogP contribution in [-0.4, -0.2) is 28.9 Å². The summed E-state index contributed by atoms with van der Waals surface area (Å²) < 4.78 is 12.5. The van der Waals surface area contributed by atoms with E-state index < -0.39 is 12.0 Å². The number of nitrogens with zero attached hydrogens (tertiary/aromatic N) is 1. The maximum atomic E-state index is 12.5. The van der Waals surface area contributed by atoms with Gasteiger partial charge in [-0.1, -0.05) is 0 Å². The molecular formula is C10H14FN3OS. The van der Waals surface area contributed by atoms with Crippen LogP contribution >= 0.6 is 11.8 Å². The van der Waals surface area contributed by atoms with E-state index in [1.165, 1.54) is 18.3 Å². The zero-order valence-corrected chi connectivity index (χ0v) is 9.76. The Morgan fingerprint density at radius 1 is 1.69 bits per heavy atom. The summed E-state index contributed by atoms with van der Waals surface area (Å²) in [6.07, 6.45) is 3.82. The van der Waals surface area contributed by atoms with E-state index in [4.69, 9.17) is 5.73 Å². The number of amides is 1. The summed E-state index contributed by atoms with van der Waals surface area (Å²) in [7, 11) is 0. The van der Waals surface area contributed by atoms with Crippen molar-refractivity contribution in [2.24, 2.45) is 5.73 Å². The van der Waals surface area contributed by atoms with Crippen molar-refractivity contribution in [1.29, 1.82) is 0 Å². The number of halogens is 1. The predicted octanol–water partition coefficient (Wildman–Crippen LogP) is 1.24. The molecule has 1 amide bonds. The van der Waals surface area contributed by atoms with E-state index in [1.807, 2.05) is 6.26 Å². The molecular weight excluding hydrogens is 229 g/mol. The van der Waals surface area contributed by atoms with Gasteiger partial charge >= 0.3 is 0 Å². The smallest absolute Gasteiger partial charge is 0.241 e. The topological polar surface area (TPSA) is 68.0 Å². The molecule has 6 heteroatoms. The normalized spacial score (nSPS) is 12.2. The highest BCUT2D eigenvalue weighted by Gasteiger charge is 2.12. The van der Waals surface area contributed by atoms with E-state index in [0.717, 1.165) is 5.75 Å². The van der Waals surface area contributed by atoms with Crippen molar-refractivity contribution >= 4 is 23.4 Å². The molecule has 0 aliphatic heterocycles. The van der Waals surface area contributed by atoms with Crippen LogP contribution in [0.2, 0.25) is 0 Å². The second-order valence-electron chi connectivity index (χ2n) is 3.25. The zero-order valence-electron chi connectivity index (χ0n) is 8.94. The number of hydrogen-bond donors (Lipinski definition) is 2. The minimum atomic E-state index is -0.579. The van der Waals surface area contributed by atoms with Gasteiger partial charge in [-0.3, -0.25) is 4.79 Å². The molecule has 0 aliphatic carbocycles. The van der Waals surface area contributed by atoms with Crippen LogP contribution in [0.5, 0.6) is 0 Å². The van der Waals surface area contributed by atoms with Gasteiger partial charge in [0.05, 0.1) is 17.9 Å². The second kappa shape index (κ2) is 6.44. The van der Waals surface area contributed by atoms with Crippen LogP contribution < -0.4 is 11.1 Å². The Hall–Kier alpha value is -1.14. The van der Waals surface area contributed by atoms with Crippen LogP contribution in [0.25, 0.3) is 0 Å². The van der Waals surface area contributed by atoms with Crippen molar-refractivity contribution < 1.29 is 9.18 Å². The molecule has 0 bridgehead atoms. The largest absolute Gasteiger partial charge is 0.323 e. The molecule has 88 valence electrons. The van der Waals surface area contributed by atoms with E-state index in [9.17, 15) is 9.18 Å². The van der Waals surface area contributed by atoms with Crippen molar-refractivity contribution in [3.05, 3.63) is 24.3 Å². The van der Waals surface area contributed by atoms with E-state index in [-0.39, 0.29) is 5.91 Å². The number of anilines is 1. The first-order valence-electron chi connectivity index (χ1n) is 4.80. The molecule has 1 rings (SSSR count). The van der Waals surface area contributed by atoms with Gasteiger partial charge in [-0.05, 0) is 30.6 Å². The number of nitrogens with two attached hydrogens (primary N) is 1. The van der Waals surface area contributed by atoms with Gasteiger partial charge in [0.2, 0.25) is 11.9 Å². The fraction of sp³-hybridized carbons (Fsp3) is 0.400. The molecule has 1 aromatic rings. The minimum absolute atomic E-state index is 0.276. The molecule has 16 heavy (non-hydrogen) atoms. The molecule has 0 spiro atoms. The number of thioether (sulfide) groups is 1. The lowest BCUT2D eigenvalue weighted by Crippen LogP contribution is -2.36. The maximum Gasteiger partial charge on any atom is 0.241 e. The van der Waals surface area contributed by atoms with E-state index in [1.54, 1.807) is 11.8 Å². The average Bonchev–Trinajstić information content (AvgIpc) is 2.29. The van der Waals surface area contributed by atoms with Crippen LogP contribution in [-0.2, 0) is 4.79 Å². The van der Waals surface area contributed by atoms with E-state index >= 15 is 0 Å². The molecule has 0 fully saturated rings. The number of nitrogens with one attached hydrogen (secondary N) is 1. The van der Waals surface area contributed by atoms with Crippen molar-refractivity contribution in [2.75, 3.05) is 17.3 Å². The molecule has 3 N–H and O–H groups in total. The lowest BCUT2D eigenvalue weighted by atomic mass is 10.2. The molecule has 0 saturated carbocycles. The quantitative estimate of drug-likeness (QED) is 0.763. The Labute approximate surface area is 97.8 Å². The first kappa shape index (κ1) is 12.9. The summed E-state index contributed by atoms with van der Waals surface area (Å²) in [5.41, 5.74) is 6.11. The molecule has 0 saturated heterocycles. The summed E-state index contributed by atoms with van der Waals surface area (Å²) in [6.45, 7) is 0. The van der Waals surface area contributed by atoms with Gasteiger partial charge in [-0.2, -0.15) is 16.2 Å². The van der Waals surface area contributed by atoms with Crippen LogP contribution in [0, 0.1) is 5.95 Å². The minimum Gasteiger partial charge on any atom is -0.323 e. The summed E-state index contributed by atoms with van der Waals surface area (Å²) in [6, 6.07) is 2.09. The molecule has 0 aliphatic rings. The number of carbonyl (C=O) groups excluding carboxylic acids is 1. The first-order chi connectivity index (χ1) is 7.63. The number of hydrogen-bond acceptors (Lipinski definition) is 4. The monoisotopic (exact) mass is 243 g/mol. The second-order valence-corrected chi connectivity index (χ2v) is 4.23. The van der Waals surface area contributed by atoms with Gasteiger partial charge in [0, 0.05) is 0 Å². The number of carbonyl (C=O) groups is 1. The van der Waals surface area contributed by atoms with Gasteiger partial charge in [0.1, 0.15) is 0 Å². The van der Waals surface area contributed by atoms with Crippen molar-refractivity contribution in [3.63, 3.8) is 0 Å². The van der Waals surface area contributed by atoms with Crippen molar-refractivity contribution in [2.45, 2.75) is 12.5 Å². The Bertz CT molecular complexity index is 344. The third-order valence-corrected chi connectivity index (χ3v) is 2.61. The third kappa shape index (κ3) is 4.16. The SMILES string of the molecule is CSCC[C@@H](N)C(=O)Nc1ccc(F)nc1. The van der Waals surface area contributed by atoms with Gasteiger partial charge in [0.25, 0.3) is 0 Å². The first-order valence-corrected chi connectivity index (χ1v) is 6.20. The number of rotatable bonds is 5. The Kier molecular flexibility index (Phi) is 5.21. The van der Waals surface area contributed by atoms with Gasteiger partial charge < -0.3 is 11.1 Å². The van der Waals surface area contributed by atoms with Gasteiger partial charge in [-0.15, -0.1) is 0 Å². The predicted molar refractivity (Wildman–Crippen MR) is 63.8 cm³/mol. The van der Waals surface area contributed by atoms with Gasteiger partial charge in [-0.25, -0.2) is 4.98 Å². The van der Waals surface area contributed by atoms with Crippen molar-refractivity contribution in [1.82, 2.24) is 4.98 Å². The highest BCUT2D eigenvalue weighted by atomic mass is 32.2. The fourth-order valence-corrected chi connectivity index (χ4v) is 1.55. The Morgan fingerprint density at radius 2 is 2.44 bits per heavy atom. The van der Waals surface area contributed by atoms with E-state index in [0.29, 0.717) is 12.1 Å². The van der Waals surface area contributed by atoms with Gasteiger partial charge in [0.15, 0.2) is 0 Å². The molecule has 1 heterocycles. The zero-order chi connectivity index (χ0) is 12.0. The summed E-state index contributed by atoms with van der Waals surface area (Å²) in [5.74, 6) is -0.0249. The number of aromatic nitrogens is 1. The summed E-state index contributed by atoms with van der Waals surface area (Å²) in [5, 5.41) is 2.58. The van der Waals surface area contributed by atoms with Crippen LogP contribution in [0.15, 0.2) is 18.3 Å². The molecule has 0 aromatic carbocycles. The van der Waals surface area contributed by atoms with E-state index in [2.05, 4.69) is 10.3 Å². The lowest BCUT2D eigenvalue weighted by Gasteiger charge is -2.11. The average molecular weight is 243 g/mol. The summed E-state index contributed by atoms with van der Waals surface area (Å²) >= 11 is 1.63. The Balaban J connectivity index is 2.47. The highest BCUT2D eigenvalue weighted by molar-refractivity contribution is 7.98. The van der Waals surface area contributed by atoms with Crippen molar-refractivity contribution in [3.8, 4) is 0 Å². The highest BCUT2D eigenvalue weighted by Crippen LogP contribution is 2.07.